The van der Waals surface area contributed by atoms with E-state index >= 15 is 0 Å². The predicted molar refractivity (Wildman–Crippen MR) is 110 cm³/mol. The molecule has 1 heterocycles. The predicted octanol–water partition coefficient (Wildman–Crippen LogP) is 5.17. The van der Waals surface area contributed by atoms with Gasteiger partial charge in [-0.05, 0) is 49.6 Å². The maximum absolute atomic E-state index is 9.81. The molecule has 2 aromatic carbocycles. The van der Waals surface area contributed by atoms with E-state index in [0.717, 1.165) is 28.0 Å². The molecule has 4 rings (SSSR count). The molecule has 1 fully saturated rings. The van der Waals surface area contributed by atoms with Crippen LogP contribution in [0.3, 0.4) is 0 Å². The van der Waals surface area contributed by atoms with Gasteiger partial charge in [-0.3, -0.25) is 0 Å². The Balaban J connectivity index is 1.65. The lowest BCUT2D eigenvalue weighted by molar-refractivity contribution is 0.199. The topological polar surface area (TPSA) is 70.1 Å². The van der Waals surface area contributed by atoms with Crippen LogP contribution in [-0.4, -0.2) is 21.1 Å². The smallest absolute Gasteiger partial charge is 0.229 e. The van der Waals surface area contributed by atoms with Crippen LogP contribution >= 0.6 is 0 Å². The Bertz CT molecular complexity index is 919. The van der Waals surface area contributed by atoms with Crippen LogP contribution in [0, 0.1) is 0 Å². The molecule has 1 aliphatic carbocycles. The molecule has 3 aromatic rings. The highest BCUT2D eigenvalue weighted by Crippen LogP contribution is 2.28. The van der Waals surface area contributed by atoms with Crippen molar-refractivity contribution in [2.24, 2.45) is 0 Å². The van der Waals surface area contributed by atoms with Crippen molar-refractivity contribution in [3.63, 3.8) is 0 Å². The van der Waals surface area contributed by atoms with E-state index in [-0.39, 0.29) is 0 Å². The number of hydrogen-bond acceptors (Lipinski definition) is 5. The van der Waals surface area contributed by atoms with E-state index < -0.39 is 6.10 Å². The van der Waals surface area contributed by atoms with E-state index in [0.29, 0.717) is 12.0 Å². The van der Waals surface area contributed by atoms with E-state index in [1.54, 1.807) is 6.92 Å². The van der Waals surface area contributed by atoms with Gasteiger partial charge < -0.3 is 15.7 Å². The molecule has 0 saturated heterocycles. The Hall–Kier alpha value is -2.66. The minimum atomic E-state index is -0.507. The van der Waals surface area contributed by atoms with Crippen LogP contribution in [0.15, 0.2) is 48.5 Å². The highest BCUT2D eigenvalue weighted by molar-refractivity contribution is 5.90. The first-order valence-electron chi connectivity index (χ1n) is 9.77. The molecular weight excluding hydrogens is 336 g/mol. The average Bonchev–Trinajstić information content (AvgIpc) is 2.69. The summed E-state index contributed by atoms with van der Waals surface area (Å²) in [4.78, 5) is 9.44. The SMILES string of the molecule is CC(O)c1cccc(Nc2nc(NC3CCCCC3)c3ccccc3n2)c1. The number of aliphatic hydroxyl groups excluding tert-OH is 1. The van der Waals surface area contributed by atoms with Crippen molar-refractivity contribution >= 4 is 28.4 Å². The first-order valence-corrected chi connectivity index (χ1v) is 9.77. The van der Waals surface area contributed by atoms with E-state index in [1.165, 1.54) is 32.1 Å². The molecule has 3 N–H and O–H groups in total. The number of aromatic nitrogens is 2. The van der Waals surface area contributed by atoms with Gasteiger partial charge in [-0.1, -0.05) is 43.5 Å². The Morgan fingerprint density at radius 1 is 1.00 bits per heavy atom. The number of nitrogens with zero attached hydrogens (tertiary/aromatic N) is 2. The molecule has 1 aliphatic rings. The second-order valence-electron chi connectivity index (χ2n) is 7.32. The lowest BCUT2D eigenvalue weighted by Gasteiger charge is -2.24. The summed E-state index contributed by atoms with van der Waals surface area (Å²) in [5, 5.41) is 17.8. The van der Waals surface area contributed by atoms with Crippen LogP contribution in [0.5, 0.6) is 0 Å². The maximum Gasteiger partial charge on any atom is 0.229 e. The number of anilines is 3. The Labute approximate surface area is 159 Å². The van der Waals surface area contributed by atoms with Gasteiger partial charge in [-0.15, -0.1) is 0 Å². The Morgan fingerprint density at radius 3 is 2.63 bits per heavy atom. The summed E-state index contributed by atoms with van der Waals surface area (Å²) in [6.45, 7) is 1.76. The standard InChI is InChI=1S/C22H26N4O/c1-15(27)16-8-7-11-18(14-16)24-22-25-20-13-6-5-12-19(20)21(26-22)23-17-9-3-2-4-10-17/h5-8,11-15,17,27H,2-4,9-10H2,1H3,(H2,23,24,25,26). The second kappa shape index (κ2) is 7.92. The number of fused-ring (bicyclic) bond motifs is 1. The Morgan fingerprint density at radius 2 is 1.81 bits per heavy atom. The van der Waals surface area contributed by atoms with E-state index in [9.17, 15) is 5.11 Å². The van der Waals surface area contributed by atoms with Gasteiger partial charge in [-0.2, -0.15) is 4.98 Å². The number of aliphatic hydroxyl groups is 1. The number of nitrogens with one attached hydrogen (secondary N) is 2. The minimum absolute atomic E-state index is 0.475. The van der Waals surface area contributed by atoms with Crippen molar-refractivity contribution in [2.45, 2.75) is 51.2 Å². The zero-order valence-electron chi connectivity index (χ0n) is 15.7. The number of rotatable bonds is 5. The molecule has 1 unspecified atom stereocenters. The molecule has 140 valence electrons. The van der Waals surface area contributed by atoms with Gasteiger partial charge in [0.15, 0.2) is 0 Å². The highest BCUT2D eigenvalue weighted by atomic mass is 16.3. The molecule has 27 heavy (non-hydrogen) atoms. The molecule has 0 bridgehead atoms. The van der Waals surface area contributed by atoms with Crippen LogP contribution in [-0.2, 0) is 0 Å². The number of hydrogen-bond donors (Lipinski definition) is 3. The summed E-state index contributed by atoms with van der Waals surface area (Å²) in [5.41, 5.74) is 2.65. The van der Waals surface area contributed by atoms with Gasteiger partial charge in [0.25, 0.3) is 0 Å². The van der Waals surface area contributed by atoms with Crippen molar-refractivity contribution in [2.75, 3.05) is 10.6 Å². The lowest BCUT2D eigenvalue weighted by Crippen LogP contribution is -2.23. The molecule has 1 atom stereocenters. The quantitative estimate of drug-likeness (QED) is 0.584. The van der Waals surface area contributed by atoms with Crippen molar-refractivity contribution in [3.8, 4) is 0 Å². The highest BCUT2D eigenvalue weighted by Gasteiger charge is 2.16. The first-order chi connectivity index (χ1) is 13.2. The molecule has 1 aromatic heterocycles. The zero-order valence-corrected chi connectivity index (χ0v) is 15.7. The molecule has 5 heteroatoms. The van der Waals surface area contributed by atoms with Crippen LogP contribution in [0.25, 0.3) is 10.9 Å². The third-order valence-electron chi connectivity index (χ3n) is 5.17. The van der Waals surface area contributed by atoms with Crippen LogP contribution in [0.4, 0.5) is 17.5 Å². The Kier molecular flexibility index (Phi) is 5.21. The summed E-state index contributed by atoms with van der Waals surface area (Å²) in [6.07, 6.45) is 5.76. The molecule has 0 radical (unpaired) electrons. The van der Waals surface area contributed by atoms with Crippen LogP contribution in [0.2, 0.25) is 0 Å². The summed E-state index contributed by atoms with van der Waals surface area (Å²) >= 11 is 0. The normalized spacial score (nSPS) is 16.2. The van der Waals surface area contributed by atoms with Gasteiger partial charge in [0.05, 0.1) is 11.6 Å². The fourth-order valence-corrected chi connectivity index (χ4v) is 3.69. The van der Waals surface area contributed by atoms with Crippen molar-refractivity contribution in [3.05, 3.63) is 54.1 Å². The molecule has 0 spiro atoms. The van der Waals surface area contributed by atoms with Gasteiger partial charge in [0.2, 0.25) is 5.95 Å². The number of benzene rings is 2. The maximum atomic E-state index is 9.81. The fraction of sp³-hybridized carbons (Fsp3) is 0.364. The van der Waals surface area contributed by atoms with Crippen LogP contribution in [0.1, 0.15) is 50.7 Å². The zero-order chi connectivity index (χ0) is 18.6. The van der Waals surface area contributed by atoms with E-state index in [2.05, 4.69) is 21.7 Å². The van der Waals surface area contributed by atoms with Crippen LogP contribution < -0.4 is 10.6 Å². The average molecular weight is 362 g/mol. The van der Waals surface area contributed by atoms with Crippen molar-refractivity contribution in [1.29, 1.82) is 0 Å². The lowest BCUT2D eigenvalue weighted by atomic mass is 9.95. The van der Waals surface area contributed by atoms with Crippen molar-refractivity contribution in [1.82, 2.24) is 9.97 Å². The molecular formula is C22H26N4O. The van der Waals surface area contributed by atoms with Crippen molar-refractivity contribution < 1.29 is 5.11 Å². The minimum Gasteiger partial charge on any atom is -0.389 e. The molecule has 0 amide bonds. The summed E-state index contributed by atoms with van der Waals surface area (Å²) in [7, 11) is 0. The third kappa shape index (κ3) is 4.19. The third-order valence-corrected chi connectivity index (χ3v) is 5.17. The second-order valence-corrected chi connectivity index (χ2v) is 7.32. The monoisotopic (exact) mass is 362 g/mol. The molecule has 5 nitrogen and oxygen atoms in total. The van der Waals surface area contributed by atoms with E-state index in [1.807, 2.05) is 42.5 Å². The van der Waals surface area contributed by atoms with Gasteiger partial charge in [-0.25, -0.2) is 4.98 Å². The summed E-state index contributed by atoms with van der Waals surface area (Å²) in [5.74, 6) is 1.46. The summed E-state index contributed by atoms with van der Waals surface area (Å²) < 4.78 is 0. The first kappa shape index (κ1) is 17.7. The molecule has 0 aliphatic heterocycles. The number of para-hydroxylation sites is 1. The largest absolute Gasteiger partial charge is 0.389 e. The van der Waals surface area contributed by atoms with Gasteiger partial charge >= 0.3 is 0 Å². The molecule has 1 saturated carbocycles. The van der Waals surface area contributed by atoms with Gasteiger partial charge in [0, 0.05) is 17.1 Å². The summed E-state index contributed by atoms with van der Waals surface area (Å²) in [6, 6.07) is 16.3. The van der Waals surface area contributed by atoms with Gasteiger partial charge in [0.1, 0.15) is 5.82 Å². The fourth-order valence-electron chi connectivity index (χ4n) is 3.69. The van der Waals surface area contributed by atoms with E-state index in [4.69, 9.17) is 4.98 Å².